The number of hydrogen-bond acceptors (Lipinski definition) is 4. The van der Waals surface area contributed by atoms with Crippen LogP contribution in [0.5, 0.6) is 5.75 Å². The lowest BCUT2D eigenvalue weighted by Crippen LogP contribution is -2.61. The van der Waals surface area contributed by atoms with Crippen LogP contribution < -0.4 is 4.74 Å². The van der Waals surface area contributed by atoms with Crippen molar-refractivity contribution in [2.45, 2.75) is 43.7 Å². The van der Waals surface area contributed by atoms with Crippen LogP contribution in [0.25, 0.3) is 10.9 Å². The third kappa shape index (κ3) is 3.29. The zero-order valence-electron chi connectivity index (χ0n) is 17.4. The first-order valence-electron chi connectivity index (χ1n) is 10.3. The maximum Gasteiger partial charge on any atom is 0.119 e. The van der Waals surface area contributed by atoms with Gasteiger partial charge in [0.05, 0.1) is 18.7 Å². The Hall–Kier alpha value is -1.69. The molecule has 3 aliphatic heterocycles. The molecule has 4 heterocycles. The number of hydrogen-bond donors (Lipinski definition) is 1. The average molecular weight is 397 g/mol. The van der Waals surface area contributed by atoms with Crippen LogP contribution in [-0.2, 0) is 0 Å². The second-order valence-electron chi connectivity index (χ2n) is 9.52. The molecule has 6 atom stereocenters. The number of methoxy groups -OCH3 is 1. The van der Waals surface area contributed by atoms with Gasteiger partial charge in [-0.05, 0) is 60.2 Å². The molecule has 5 rings (SSSR count). The summed E-state index contributed by atoms with van der Waals surface area (Å²) in [5.74, 6) is 1.98. The van der Waals surface area contributed by atoms with Crippen LogP contribution >= 0.6 is 0 Å². The average Bonchev–Trinajstić information content (AvgIpc) is 2.71. The molecule has 3 saturated heterocycles. The van der Waals surface area contributed by atoms with Crippen molar-refractivity contribution in [1.29, 1.82) is 0 Å². The molecule has 0 amide bonds. The molecule has 3 fully saturated rings. The normalized spacial score (nSPS) is 31.0. The van der Waals surface area contributed by atoms with Gasteiger partial charge in [0.2, 0.25) is 0 Å². The van der Waals surface area contributed by atoms with Gasteiger partial charge in [0.25, 0.3) is 0 Å². The highest BCUT2D eigenvalue weighted by atomic mass is 28.3. The quantitative estimate of drug-likeness (QED) is 0.597. The van der Waals surface area contributed by atoms with Gasteiger partial charge in [-0.3, -0.25) is 9.88 Å². The summed E-state index contributed by atoms with van der Waals surface area (Å²) in [5.41, 5.74) is 2.63. The van der Waals surface area contributed by atoms with Gasteiger partial charge in [-0.15, -0.1) is 6.58 Å². The molecule has 2 aromatic rings. The number of fused-ring (bicyclic) bond motifs is 4. The fourth-order valence-corrected chi connectivity index (χ4v) is 7.89. The second-order valence-corrected chi connectivity index (χ2v) is 15.0. The number of pyridine rings is 1. The van der Waals surface area contributed by atoms with Gasteiger partial charge in [-0.25, -0.2) is 0 Å². The first-order chi connectivity index (χ1) is 13.3. The topological polar surface area (TPSA) is 45.6 Å². The van der Waals surface area contributed by atoms with Crippen molar-refractivity contribution in [2.24, 2.45) is 11.8 Å². The van der Waals surface area contributed by atoms with Gasteiger partial charge in [0.15, 0.2) is 0 Å². The molecule has 1 aromatic carbocycles. The summed E-state index contributed by atoms with van der Waals surface area (Å²) in [7, 11) is 0.407. The van der Waals surface area contributed by atoms with Gasteiger partial charge >= 0.3 is 0 Å². The molecular formula is C23H32N2O2Si. The van der Waals surface area contributed by atoms with E-state index in [1.165, 1.54) is 0 Å². The van der Waals surface area contributed by atoms with E-state index < -0.39 is 14.2 Å². The predicted octanol–water partition coefficient (Wildman–Crippen LogP) is 4.49. The molecule has 3 aliphatic rings. The van der Waals surface area contributed by atoms with Crippen molar-refractivity contribution in [1.82, 2.24) is 9.88 Å². The monoisotopic (exact) mass is 396 g/mol. The fraction of sp³-hybridized carbons (Fsp3) is 0.522. The summed E-state index contributed by atoms with van der Waals surface area (Å²) in [6.07, 6.45) is 4.48. The lowest BCUT2D eigenvalue weighted by molar-refractivity contribution is -0.0454. The van der Waals surface area contributed by atoms with Crippen LogP contribution in [0.1, 0.15) is 18.1 Å². The third-order valence-corrected chi connectivity index (χ3v) is 9.84. The lowest BCUT2D eigenvalue weighted by atomic mass is 9.73. The molecule has 2 bridgehead atoms. The Kier molecular flexibility index (Phi) is 5.10. The zero-order chi connectivity index (χ0) is 20.1. The number of rotatable bonds is 5. The first kappa shape index (κ1) is 19.6. The first-order valence-corrected chi connectivity index (χ1v) is 13.9. The largest absolute Gasteiger partial charge is 0.497 e. The standard InChI is InChI=1S/C23H32N2O2Si/c1-6-15-13-25-14-22(28(3,4)5)18(15)12-21(25)23(26)17-9-10-24-20-8-7-16(27-2)11-19(17)20/h6-11,15,18,21-23,26H,1,12-14H2,2-5H3/t15-,18?,21-,22?,23+/m0/s1. The molecule has 0 radical (unpaired) electrons. The zero-order valence-corrected chi connectivity index (χ0v) is 18.4. The van der Waals surface area contributed by atoms with Crippen molar-refractivity contribution >= 4 is 19.0 Å². The number of aliphatic hydroxyl groups excluding tert-OH is 1. The molecule has 4 nitrogen and oxygen atoms in total. The molecule has 3 unspecified atom stereocenters. The van der Waals surface area contributed by atoms with Crippen LogP contribution in [0.4, 0.5) is 0 Å². The second kappa shape index (κ2) is 7.28. The van der Waals surface area contributed by atoms with E-state index >= 15 is 0 Å². The summed E-state index contributed by atoms with van der Waals surface area (Å²) in [4.78, 5) is 7.01. The Morgan fingerprint density at radius 1 is 1.29 bits per heavy atom. The number of piperidine rings is 3. The van der Waals surface area contributed by atoms with E-state index in [9.17, 15) is 5.11 Å². The minimum Gasteiger partial charge on any atom is -0.497 e. The molecule has 28 heavy (non-hydrogen) atoms. The van der Waals surface area contributed by atoms with Crippen LogP contribution in [0.15, 0.2) is 43.1 Å². The van der Waals surface area contributed by atoms with E-state index in [2.05, 4.69) is 42.2 Å². The lowest BCUT2D eigenvalue weighted by Gasteiger charge is -2.57. The van der Waals surface area contributed by atoms with E-state index in [1.54, 1.807) is 13.3 Å². The van der Waals surface area contributed by atoms with Crippen molar-refractivity contribution in [3.05, 3.63) is 48.7 Å². The maximum absolute atomic E-state index is 11.5. The Morgan fingerprint density at radius 2 is 2.07 bits per heavy atom. The van der Waals surface area contributed by atoms with E-state index in [4.69, 9.17) is 4.74 Å². The number of aromatic nitrogens is 1. The Bertz CT molecular complexity index is 879. The molecule has 0 saturated carbocycles. The van der Waals surface area contributed by atoms with Crippen LogP contribution in [0.3, 0.4) is 0 Å². The Labute approximate surface area is 169 Å². The highest BCUT2D eigenvalue weighted by molar-refractivity contribution is 6.77. The smallest absolute Gasteiger partial charge is 0.119 e. The van der Waals surface area contributed by atoms with Crippen molar-refractivity contribution in [2.75, 3.05) is 20.2 Å². The van der Waals surface area contributed by atoms with Crippen LogP contribution in [0.2, 0.25) is 25.2 Å². The third-order valence-electron chi connectivity index (χ3n) is 7.01. The van der Waals surface area contributed by atoms with Crippen LogP contribution in [-0.4, -0.2) is 49.3 Å². The summed E-state index contributed by atoms with van der Waals surface area (Å²) in [6.45, 7) is 13.7. The molecule has 150 valence electrons. The van der Waals surface area contributed by atoms with Gasteiger partial charge in [0, 0.05) is 32.2 Å². The Balaban J connectivity index is 1.68. The molecule has 0 spiro atoms. The van der Waals surface area contributed by atoms with Crippen LogP contribution in [0, 0.1) is 11.8 Å². The molecule has 1 N–H and O–H groups in total. The number of aliphatic hydroxyl groups is 1. The number of benzene rings is 1. The highest BCUT2D eigenvalue weighted by Gasteiger charge is 2.50. The summed E-state index contributed by atoms with van der Waals surface area (Å²) < 4.78 is 5.41. The number of ether oxygens (including phenoxy) is 1. The van der Waals surface area contributed by atoms with Gasteiger partial charge in [-0.2, -0.15) is 0 Å². The van der Waals surface area contributed by atoms with Gasteiger partial charge in [-0.1, -0.05) is 25.7 Å². The summed E-state index contributed by atoms with van der Waals surface area (Å²) >= 11 is 0. The molecule has 1 aromatic heterocycles. The van der Waals surface area contributed by atoms with Gasteiger partial charge < -0.3 is 9.84 Å². The van der Waals surface area contributed by atoms with E-state index in [1.807, 2.05) is 24.3 Å². The van der Waals surface area contributed by atoms with E-state index in [0.29, 0.717) is 11.8 Å². The molecular weight excluding hydrogens is 364 g/mol. The maximum atomic E-state index is 11.5. The SMILES string of the molecule is C=C[C@H]1CN2CC([Si](C)(C)C)C1C[C@H]2[C@H](O)c1ccnc2ccc(OC)cc12. The highest BCUT2D eigenvalue weighted by Crippen LogP contribution is 2.50. The van der Waals surface area contributed by atoms with E-state index in [0.717, 1.165) is 47.3 Å². The molecule has 5 heteroatoms. The Morgan fingerprint density at radius 3 is 2.71 bits per heavy atom. The van der Waals surface area contributed by atoms with E-state index in [-0.39, 0.29) is 6.04 Å². The van der Waals surface area contributed by atoms with Gasteiger partial charge in [0.1, 0.15) is 5.75 Å². The predicted molar refractivity (Wildman–Crippen MR) is 118 cm³/mol. The molecule has 0 aliphatic carbocycles. The minimum absolute atomic E-state index is 0.158. The summed E-state index contributed by atoms with van der Waals surface area (Å²) in [6, 6.07) is 8.01. The van der Waals surface area contributed by atoms with Crippen molar-refractivity contribution in [3.8, 4) is 5.75 Å². The summed E-state index contributed by atoms with van der Waals surface area (Å²) in [5, 5.41) is 12.4. The minimum atomic E-state index is -1.27. The fourth-order valence-electron chi connectivity index (χ4n) is 5.44. The van der Waals surface area contributed by atoms with Crippen molar-refractivity contribution in [3.63, 3.8) is 0 Å². The van der Waals surface area contributed by atoms with Crippen molar-refractivity contribution < 1.29 is 9.84 Å². The number of nitrogens with zero attached hydrogens (tertiary/aromatic N) is 2.